The topological polar surface area (TPSA) is 0 Å². The Kier molecular flexibility index (Phi) is 14.7. The Morgan fingerprint density at radius 1 is 0.515 bits per heavy atom. The summed E-state index contributed by atoms with van der Waals surface area (Å²) >= 11 is -5.87. The number of allylic oxidation sites excluding steroid dienone is 2. The zero-order chi connectivity index (χ0) is 49.3. The number of halogens is 14. The van der Waals surface area contributed by atoms with Crippen LogP contribution in [0, 0.1) is 0 Å². The Balaban J connectivity index is 1.73. The zero-order valence-electron chi connectivity index (χ0n) is 37.8. The third kappa shape index (κ3) is 9.70. The molecule has 0 bridgehead atoms. The van der Waals surface area contributed by atoms with Crippen LogP contribution in [0.1, 0.15) is 155 Å². The fraction of sp³-hybridized carbons (Fsp3) is 0.440. The molecule has 0 radical (unpaired) electrons. The van der Waals surface area contributed by atoms with Gasteiger partial charge in [-0.1, -0.05) is 0 Å². The number of hydrogen-bond donors (Lipinski definition) is 0. The Hall–Kier alpha value is -2.80. The zero-order valence-corrected chi connectivity index (χ0v) is 43.0. The van der Waals surface area contributed by atoms with Gasteiger partial charge in [-0.05, 0) is 0 Å². The first-order valence-corrected chi connectivity index (χ1v) is 38.6. The van der Waals surface area contributed by atoms with E-state index in [1.807, 2.05) is 51.2 Å². The molecule has 0 spiro atoms. The van der Waals surface area contributed by atoms with Crippen LogP contribution in [0.4, 0.5) is 52.7 Å². The van der Waals surface area contributed by atoms with Gasteiger partial charge in [0, 0.05) is 0 Å². The number of benzene rings is 4. The van der Waals surface area contributed by atoms with Crippen LogP contribution >= 0.6 is 17.0 Å². The molecule has 66 heavy (non-hydrogen) atoms. The molecule has 0 N–H and O–H groups in total. The van der Waals surface area contributed by atoms with Gasteiger partial charge in [0.1, 0.15) is 0 Å². The second kappa shape index (κ2) is 18.5. The molecule has 2 atom stereocenters. The van der Waals surface area contributed by atoms with Crippen LogP contribution in [0.15, 0.2) is 71.8 Å². The van der Waals surface area contributed by atoms with Crippen LogP contribution in [0.3, 0.4) is 0 Å². The van der Waals surface area contributed by atoms with Crippen LogP contribution in [0.5, 0.6) is 0 Å². The van der Waals surface area contributed by atoms with Crippen LogP contribution in [0.2, 0.25) is 13.1 Å². The van der Waals surface area contributed by atoms with E-state index in [0.29, 0.717) is 59.1 Å². The van der Waals surface area contributed by atoms with E-state index in [9.17, 15) is 52.7 Å². The maximum absolute atomic E-state index is 14.4. The number of fused-ring (bicyclic) bond motifs is 2. The molecule has 2 unspecified atom stereocenters. The van der Waals surface area contributed by atoms with E-state index >= 15 is 0 Å². The predicted molar refractivity (Wildman–Crippen MR) is 243 cm³/mol. The molecular formula is C50H53Cl2F12SiZr. The summed E-state index contributed by atoms with van der Waals surface area (Å²) in [5.74, 6) is -3.08. The molecule has 0 aliphatic heterocycles. The quantitative estimate of drug-likeness (QED) is 0.0925. The Morgan fingerprint density at radius 2 is 0.818 bits per heavy atom. The van der Waals surface area contributed by atoms with E-state index in [1.165, 1.54) is 0 Å². The average molecular weight is 1070 g/mol. The van der Waals surface area contributed by atoms with Gasteiger partial charge < -0.3 is 0 Å². The third-order valence-corrected chi connectivity index (χ3v) is 65.3. The van der Waals surface area contributed by atoms with Gasteiger partial charge in [-0.2, -0.15) is 0 Å². The molecule has 0 amide bonds. The van der Waals surface area contributed by atoms with E-state index in [-0.39, 0.29) is 46.2 Å². The van der Waals surface area contributed by atoms with Crippen LogP contribution in [-0.2, 0) is 40.3 Å². The molecule has 16 heteroatoms. The number of unbranched alkanes of at least 4 members (excludes halogenated alkanes) is 2. The minimum absolute atomic E-state index is 0.106. The van der Waals surface area contributed by atoms with Crippen molar-refractivity contribution in [2.45, 2.75) is 137 Å². The molecule has 6 rings (SSSR count). The van der Waals surface area contributed by atoms with Crippen molar-refractivity contribution in [3.05, 3.63) is 127 Å². The van der Waals surface area contributed by atoms with Gasteiger partial charge in [0.25, 0.3) is 0 Å². The van der Waals surface area contributed by atoms with E-state index < -0.39 is 75.7 Å². The summed E-state index contributed by atoms with van der Waals surface area (Å²) in [6.07, 6.45) is -13.0. The van der Waals surface area contributed by atoms with E-state index in [2.05, 4.69) is 0 Å². The van der Waals surface area contributed by atoms with Crippen LogP contribution in [0.25, 0.3) is 34.4 Å². The van der Waals surface area contributed by atoms with Crippen molar-refractivity contribution in [3.63, 3.8) is 0 Å². The number of hydrogen-bond acceptors (Lipinski definition) is 0. The molecule has 0 fully saturated rings. The average Bonchev–Trinajstić information content (AvgIpc) is 3.79. The third-order valence-electron chi connectivity index (χ3n) is 13.5. The van der Waals surface area contributed by atoms with Crippen molar-refractivity contribution in [3.8, 4) is 22.3 Å². The van der Waals surface area contributed by atoms with Crippen molar-refractivity contribution >= 4 is 35.1 Å². The van der Waals surface area contributed by atoms with Crippen molar-refractivity contribution in [2.75, 3.05) is 0 Å². The van der Waals surface area contributed by atoms with Crippen molar-refractivity contribution in [1.29, 1.82) is 0 Å². The summed E-state index contributed by atoms with van der Waals surface area (Å²) < 4.78 is 172. The summed E-state index contributed by atoms with van der Waals surface area (Å²) in [7, 11) is 17.3. The maximum atomic E-state index is 14.4. The molecule has 2 aliphatic carbocycles. The van der Waals surface area contributed by atoms with Crippen molar-refractivity contribution < 1.29 is 68.2 Å². The molecular weight excluding hydrogens is 1020 g/mol. The van der Waals surface area contributed by atoms with Gasteiger partial charge in [-0.25, -0.2) is 0 Å². The Labute approximate surface area is 387 Å². The molecule has 359 valence electrons. The second-order valence-electron chi connectivity index (χ2n) is 18.9. The predicted octanol–water partition coefficient (Wildman–Crippen LogP) is 19.3. The van der Waals surface area contributed by atoms with Gasteiger partial charge in [0.15, 0.2) is 0 Å². The standard InChI is InChI=1S/2C24H23F6.C2H7Si.2ClH.Zr/c2*1-4-5-6-15-9-16-7-8-20(14(2)3)22(21(16)10-15)17-11-18(23(25,26)27)13-19(12-17)24(28,29)30;1-3-2;;;/h2*7-14H,4-6H2,1-3H3;3H,1-2H3;2*1H;/q;;;;;+2/p-2. The summed E-state index contributed by atoms with van der Waals surface area (Å²) in [5, 5.41) is 0. The molecule has 4 aromatic carbocycles. The number of rotatable bonds is 13. The van der Waals surface area contributed by atoms with Gasteiger partial charge >= 0.3 is 390 Å². The van der Waals surface area contributed by atoms with Gasteiger partial charge in [0.2, 0.25) is 0 Å². The summed E-state index contributed by atoms with van der Waals surface area (Å²) in [6.45, 7) is 15.3. The minimum atomic E-state index is -5.87. The van der Waals surface area contributed by atoms with Crippen LogP contribution < -0.4 is 0 Å². The fourth-order valence-corrected chi connectivity index (χ4v) is 41.7. The molecule has 4 aromatic rings. The molecule has 2 aliphatic rings. The van der Waals surface area contributed by atoms with Crippen LogP contribution in [-0.4, -0.2) is 5.92 Å². The molecule has 0 heterocycles. The normalized spacial score (nSPS) is 17.6. The summed E-state index contributed by atoms with van der Waals surface area (Å²) in [4.78, 5) is 0. The van der Waals surface area contributed by atoms with E-state index in [0.717, 1.165) is 48.3 Å². The fourth-order valence-electron chi connectivity index (χ4n) is 10.2. The first-order chi connectivity index (χ1) is 30.4. The molecule has 0 nitrogen and oxygen atoms in total. The van der Waals surface area contributed by atoms with Crippen molar-refractivity contribution in [1.82, 2.24) is 0 Å². The van der Waals surface area contributed by atoms with Gasteiger partial charge in [-0.3, -0.25) is 0 Å². The molecule has 0 aromatic heterocycles. The molecule has 0 saturated carbocycles. The first kappa shape index (κ1) is 52.6. The summed E-state index contributed by atoms with van der Waals surface area (Å²) in [6, 6.07) is 10.4. The van der Waals surface area contributed by atoms with Gasteiger partial charge in [-0.15, -0.1) is 0 Å². The van der Waals surface area contributed by atoms with E-state index in [1.54, 1.807) is 39.8 Å². The first-order valence-electron chi connectivity index (χ1n) is 22.3. The molecule has 0 saturated heterocycles. The van der Waals surface area contributed by atoms with Gasteiger partial charge in [0.05, 0.1) is 0 Å². The SMILES string of the molecule is CCCCC1=Cc2c(ccc(C(C)C)c2-c2cc(C(F)(F)F)cc(C(F)(F)F)c2)[CH]1[Zr]([Cl])([Cl])([CH]1C(CCCC)=Cc2c1ccc(C(C)C)c2-c1cc(C(F)(F)F)cc(C(F)(F)F)c1)[SiH](C)C. The second-order valence-corrected chi connectivity index (χ2v) is 61.4. The Bertz CT molecular complexity index is 2330. The number of alkyl halides is 12. The van der Waals surface area contributed by atoms with Crippen molar-refractivity contribution in [2.24, 2.45) is 0 Å². The van der Waals surface area contributed by atoms with E-state index in [4.69, 9.17) is 17.0 Å². The monoisotopic (exact) mass is 1070 g/mol. The Morgan fingerprint density at radius 3 is 1.06 bits per heavy atom. The summed E-state index contributed by atoms with van der Waals surface area (Å²) in [5.41, 5.74) is -1.16.